The summed E-state index contributed by atoms with van der Waals surface area (Å²) in [6.45, 7) is 1.03. The third-order valence-electron chi connectivity index (χ3n) is 3.84. The molecule has 5 nitrogen and oxygen atoms in total. The van der Waals surface area contributed by atoms with Crippen LogP contribution in [0.2, 0.25) is 0 Å². The van der Waals surface area contributed by atoms with Gasteiger partial charge in [-0.05, 0) is 30.9 Å². The smallest absolute Gasteiger partial charge is 0.224 e. The zero-order chi connectivity index (χ0) is 15.1. The van der Waals surface area contributed by atoms with E-state index < -0.39 is 0 Å². The SMILES string of the molecule is COCCOc1cccc(NC(=O)C[C@@H]2CCC[C@H]2N)c1. The highest BCUT2D eigenvalue weighted by atomic mass is 16.5. The quantitative estimate of drug-likeness (QED) is 0.755. The second-order valence-electron chi connectivity index (χ2n) is 5.48. The van der Waals surface area contributed by atoms with Gasteiger partial charge < -0.3 is 20.5 Å². The highest BCUT2D eigenvalue weighted by Crippen LogP contribution is 2.27. The number of amides is 1. The first-order valence-electron chi connectivity index (χ1n) is 7.46. The van der Waals surface area contributed by atoms with Crippen LogP contribution in [0.5, 0.6) is 5.75 Å². The van der Waals surface area contributed by atoms with Crippen molar-refractivity contribution >= 4 is 11.6 Å². The number of nitrogens with one attached hydrogen (secondary N) is 1. The molecule has 0 unspecified atom stereocenters. The number of anilines is 1. The highest BCUT2D eigenvalue weighted by molar-refractivity contribution is 5.91. The predicted octanol–water partition coefficient (Wildman–Crippen LogP) is 2.17. The van der Waals surface area contributed by atoms with E-state index in [1.807, 2.05) is 24.3 Å². The normalized spacial score (nSPS) is 21.2. The fourth-order valence-corrected chi connectivity index (χ4v) is 2.68. The van der Waals surface area contributed by atoms with Crippen LogP contribution in [0.25, 0.3) is 0 Å². The number of hydrogen-bond acceptors (Lipinski definition) is 4. The molecule has 0 aromatic heterocycles. The topological polar surface area (TPSA) is 73.6 Å². The molecule has 1 fully saturated rings. The molecule has 2 atom stereocenters. The molecule has 1 aromatic rings. The lowest BCUT2D eigenvalue weighted by Crippen LogP contribution is -2.28. The Morgan fingerprint density at radius 2 is 2.24 bits per heavy atom. The number of nitrogens with two attached hydrogens (primary N) is 1. The Morgan fingerprint density at radius 3 is 2.95 bits per heavy atom. The largest absolute Gasteiger partial charge is 0.491 e. The molecule has 3 N–H and O–H groups in total. The van der Waals surface area contributed by atoms with Crippen LogP contribution in [-0.4, -0.2) is 32.3 Å². The second-order valence-corrected chi connectivity index (χ2v) is 5.48. The Kier molecular flexibility index (Phi) is 6.02. The van der Waals surface area contributed by atoms with Gasteiger partial charge in [-0.3, -0.25) is 4.79 Å². The molecule has 1 aliphatic carbocycles. The summed E-state index contributed by atoms with van der Waals surface area (Å²) in [5.74, 6) is 1.06. The number of ether oxygens (including phenoxy) is 2. The van der Waals surface area contributed by atoms with Crippen LogP contribution in [0, 0.1) is 5.92 Å². The van der Waals surface area contributed by atoms with E-state index in [0.29, 0.717) is 25.6 Å². The van der Waals surface area contributed by atoms with Gasteiger partial charge in [-0.15, -0.1) is 0 Å². The Morgan fingerprint density at radius 1 is 1.38 bits per heavy atom. The van der Waals surface area contributed by atoms with Gasteiger partial charge in [-0.1, -0.05) is 12.5 Å². The van der Waals surface area contributed by atoms with E-state index in [1.54, 1.807) is 7.11 Å². The standard InChI is InChI=1S/C16H24N2O3/c1-20-8-9-21-14-6-3-5-13(11-14)18-16(19)10-12-4-2-7-15(12)17/h3,5-6,11-12,15H,2,4,7-10,17H2,1H3,(H,18,19)/t12-,15+/m0/s1. The summed E-state index contributed by atoms with van der Waals surface area (Å²) >= 11 is 0. The second kappa shape index (κ2) is 8.00. The van der Waals surface area contributed by atoms with Crippen molar-refractivity contribution in [3.8, 4) is 5.75 Å². The van der Waals surface area contributed by atoms with Crippen LogP contribution in [0.1, 0.15) is 25.7 Å². The van der Waals surface area contributed by atoms with Gasteiger partial charge in [-0.25, -0.2) is 0 Å². The molecule has 1 saturated carbocycles. The van der Waals surface area contributed by atoms with Crippen LogP contribution < -0.4 is 15.8 Å². The van der Waals surface area contributed by atoms with Crippen molar-refractivity contribution in [2.75, 3.05) is 25.6 Å². The Balaban J connectivity index is 1.84. The first kappa shape index (κ1) is 15.8. The fourth-order valence-electron chi connectivity index (χ4n) is 2.68. The van der Waals surface area contributed by atoms with Crippen LogP contribution in [0.15, 0.2) is 24.3 Å². The average molecular weight is 292 g/mol. The highest BCUT2D eigenvalue weighted by Gasteiger charge is 2.25. The minimum absolute atomic E-state index is 0.0198. The first-order valence-corrected chi connectivity index (χ1v) is 7.46. The van der Waals surface area contributed by atoms with Gasteiger partial charge >= 0.3 is 0 Å². The van der Waals surface area contributed by atoms with Gasteiger partial charge in [0.05, 0.1) is 6.61 Å². The van der Waals surface area contributed by atoms with Gasteiger partial charge in [0.2, 0.25) is 5.91 Å². The van der Waals surface area contributed by atoms with E-state index >= 15 is 0 Å². The van der Waals surface area contributed by atoms with Gasteiger partial charge in [0.1, 0.15) is 12.4 Å². The zero-order valence-corrected chi connectivity index (χ0v) is 12.5. The van der Waals surface area contributed by atoms with Crippen molar-refractivity contribution in [2.24, 2.45) is 11.7 Å². The zero-order valence-electron chi connectivity index (χ0n) is 12.5. The molecule has 1 amide bonds. The maximum Gasteiger partial charge on any atom is 0.224 e. The molecule has 0 spiro atoms. The molecule has 0 radical (unpaired) electrons. The van der Waals surface area contributed by atoms with Crippen molar-refractivity contribution in [1.82, 2.24) is 0 Å². The van der Waals surface area contributed by atoms with Gasteiger partial charge in [-0.2, -0.15) is 0 Å². The van der Waals surface area contributed by atoms with Crippen LogP contribution >= 0.6 is 0 Å². The predicted molar refractivity (Wildman–Crippen MR) is 82.4 cm³/mol. The number of rotatable bonds is 7. The Hall–Kier alpha value is -1.59. The summed E-state index contributed by atoms with van der Waals surface area (Å²) in [7, 11) is 1.63. The lowest BCUT2D eigenvalue weighted by atomic mass is 10.00. The molecule has 2 rings (SSSR count). The molecular formula is C16H24N2O3. The average Bonchev–Trinajstić information content (AvgIpc) is 2.85. The summed E-state index contributed by atoms with van der Waals surface area (Å²) in [6.07, 6.45) is 3.70. The summed E-state index contributed by atoms with van der Waals surface area (Å²) in [5, 5.41) is 2.91. The third kappa shape index (κ3) is 5.02. The van der Waals surface area contributed by atoms with E-state index in [-0.39, 0.29) is 11.9 Å². The van der Waals surface area contributed by atoms with Crippen molar-refractivity contribution < 1.29 is 14.3 Å². The van der Waals surface area contributed by atoms with Crippen LogP contribution in [0.3, 0.4) is 0 Å². The lowest BCUT2D eigenvalue weighted by Gasteiger charge is -2.15. The Labute approximate surface area is 125 Å². The third-order valence-corrected chi connectivity index (χ3v) is 3.84. The van der Waals surface area contributed by atoms with Crippen molar-refractivity contribution in [1.29, 1.82) is 0 Å². The summed E-state index contributed by atoms with van der Waals surface area (Å²) < 4.78 is 10.5. The molecule has 0 bridgehead atoms. The monoisotopic (exact) mass is 292 g/mol. The summed E-state index contributed by atoms with van der Waals surface area (Å²) in [6, 6.07) is 7.56. The molecule has 0 saturated heterocycles. The van der Waals surface area contributed by atoms with E-state index in [1.165, 1.54) is 0 Å². The molecular weight excluding hydrogens is 268 g/mol. The number of hydrogen-bond donors (Lipinski definition) is 2. The van der Waals surface area contributed by atoms with Crippen LogP contribution in [0.4, 0.5) is 5.69 Å². The number of benzene rings is 1. The van der Waals surface area contributed by atoms with E-state index in [4.69, 9.17) is 15.2 Å². The number of carbonyl (C=O) groups excluding carboxylic acids is 1. The van der Waals surface area contributed by atoms with Crippen molar-refractivity contribution in [2.45, 2.75) is 31.7 Å². The Bertz CT molecular complexity index is 465. The number of carbonyl (C=O) groups is 1. The van der Waals surface area contributed by atoms with Gasteiger partial charge in [0, 0.05) is 31.3 Å². The van der Waals surface area contributed by atoms with Gasteiger partial charge in [0.15, 0.2) is 0 Å². The van der Waals surface area contributed by atoms with Crippen LogP contribution in [-0.2, 0) is 9.53 Å². The minimum atomic E-state index is 0.0198. The summed E-state index contributed by atoms with van der Waals surface area (Å²) in [5.41, 5.74) is 6.75. The fraction of sp³-hybridized carbons (Fsp3) is 0.562. The molecule has 116 valence electrons. The maximum absolute atomic E-state index is 12.1. The van der Waals surface area contributed by atoms with Crippen molar-refractivity contribution in [3.63, 3.8) is 0 Å². The molecule has 21 heavy (non-hydrogen) atoms. The molecule has 1 aliphatic rings. The molecule has 0 heterocycles. The molecule has 5 heteroatoms. The maximum atomic E-state index is 12.1. The summed E-state index contributed by atoms with van der Waals surface area (Å²) in [4.78, 5) is 12.1. The minimum Gasteiger partial charge on any atom is -0.491 e. The van der Waals surface area contributed by atoms with E-state index in [2.05, 4.69) is 5.32 Å². The molecule has 0 aliphatic heterocycles. The van der Waals surface area contributed by atoms with E-state index in [9.17, 15) is 4.79 Å². The van der Waals surface area contributed by atoms with E-state index in [0.717, 1.165) is 30.7 Å². The first-order chi connectivity index (χ1) is 10.2. The van der Waals surface area contributed by atoms with Gasteiger partial charge in [0.25, 0.3) is 0 Å². The lowest BCUT2D eigenvalue weighted by molar-refractivity contribution is -0.117. The molecule has 1 aromatic carbocycles. The van der Waals surface area contributed by atoms with Crippen molar-refractivity contribution in [3.05, 3.63) is 24.3 Å². The number of methoxy groups -OCH3 is 1.